The standard InChI is InChI=1S/C10H14OS/c1-8-3-5-10(6-4-8)12-9(2)7-11/h3-6,9,11H,7H2,1-2H3/t9-/m0/s1. The monoisotopic (exact) mass is 182 g/mol. The Kier molecular flexibility index (Phi) is 3.63. The third kappa shape index (κ3) is 2.88. The molecular formula is C10H14OS. The molecule has 0 aliphatic rings. The fraction of sp³-hybridized carbons (Fsp3) is 0.400. The van der Waals surface area contributed by atoms with Gasteiger partial charge in [-0.25, -0.2) is 0 Å². The van der Waals surface area contributed by atoms with Crippen molar-refractivity contribution in [3.8, 4) is 0 Å². The largest absolute Gasteiger partial charge is 0.395 e. The molecule has 0 aliphatic carbocycles. The van der Waals surface area contributed by atoms with Crippen molar-refractivity contribution >= 4 is 11.8 Å². The number of hydrogen-bond donors (Lipinski definition) is 1. The van der Waals surface area contributed by atoms with Crippen LogP contribution < -0.4 is 0 Å². The molecule has 1 atom stereocenters. The first kappa shape index (κ1) is 9.62. The molecule has 1 rings (SSSR count). The predicted molar refractivity (Wildman–Crippen MR) is 53.6 cm³/mol. The average molecular weight is 182 g/mol. The average Bonchev–Trinajstić information content (AvgIpc) is 2.09. The molecule has 0 saturated heterocycles. The molecule has 1 nitrogen and oxygen atoms in total. The second kappa shape index (κ2) is 4.53. The summed E-state index contributed by atoms with van der Waals surface area (Å²) >= 11 is 1.70. The zero-order valence-corrected chi connectivity index (χ0v) is 8.27. The van der Waals surface area contributed by atoms with Crippen LogP contribution >= 0.6 is 11.8 Å². The maximum atomic E-state index is 8.83. The molecule has 0 aromatic heterocycles. The van der Waals surface area contributed by atoms with E-state index in [1.165, 1.54) is 10.5 Å². The lowest BCUT2D eigenvalue weighted by molar-refractivity contribution is 0.300. The van der Waals surface area contributed by atoms with Crippen LogP contribution in [-0.2, 0) is 0 Å². The van der Waals surface area contributed by atoms with Gasteiger partial charge in [-0.1, -0.05) is 24.6 Å². The van der Waals surface area contributed by atoms with Gasteiger partial charge in [0.15, 0.2) is 0 Å². The molecule has 1 aromatic rings. The summed E-state index contributed by atoms with van der Waals surface area (Å²) in [6, 6.07) is 8.36. The Morgan fingerprint density at radius 2 is 1.92 bits per heavy atom. The van der Waals surface area contributed by atoms with Crippen molar-refractivity contribution < 1.29 is 5.11 Å². The Bertz CT molecular complexity index is 230. The maximum Gasteiger partial charge on any atom is 0.0550 e. The molecule has 0 radical (unpaired) electrons. The summed E-state index contributed by atoms with van der Waals surface area (Å²) in [6.07, 6.45) is 0. The van der Waals surface area contributed by atoms with E-state index < -0.39 is 0 Å². The Morgan fingerprint density at radius 1 is 1.33 bits per heavy atom. The number of benzene rings is 1. The molecule has 0 unspecified atom stereocenters. The van der Waals surface area contributed by atoms with Crippen LogP contribution in [0.4, 0.5) is 0 Å². The molecule has 12 heavy (non-hydrogen) atoms. The smallest absolute Gasteiger partial charge is 0.0550 e. The van der Waals surface area contributed by atoms with E-state index in [0.717, 1.165) is 0 Å². The second-order valence-corrected chi connectivity index (χ2v) is 4.44. The van der Waals surface area contributed by atoms with E-state index in [-0.39, 0.29) is 11.9 Å². The highest BCUT2D eigenvalue weighted by molar-refractivity contribution is 8.00. The first-order valence-electron chi connectivity index (χ1n) is 4.06. The summed E-state index contributed by atoms with van der Waals surface area (Å²) in [6.45, 7) is 4.33. The van der Waals surface area contributed by atoms with Crippen molar-refractivity contribution in [2.45, 2.75) is 24.0 Å². The first-order chi connectivity index (χ1) is 5.72. The lowest BCUT2D eigenvalue weighted by Crippen LogP contribution is -2.00. The topological polar surface area (TPSA) is 20.2 Å². The Balaban J connectivity index is 2.58. The lowest BCUT2D eigenvalue weighted by Gasteiger charge is -2.06. The van der Waals surface area contributed by atoms with Gasteiger partial charge in [0.05, 0.1) is 6.61 Å². The van der Waals surface area contributed by atoms with Gasteiger partial charge in [-0.3, -0.25) is 0 Å². The van der Waals surface area contributed by atoms with Gasteiger partial charge in [-0.2, -0.15) is 0 Å². The Labute approximate surface area is 77.8 Å². The quantitative estimate of drug-likeness (QED) is 0.725. The summed E-state index contributed by atoms with van der Waals surface area (Å²) < 4.78 is 0. The van der Waals surface area contributed by atoms with Gasteiger partial charge in [-0.15, -0.1) is 11.8 Å². The molecule has 0 spiro atoms. The fourth-order valence-corrected chi connectivity index (χ4v) is 1.72. The molecule has 0 bridgehead atoms. The summed E-state index contributed by atoms with van der Waals surface area (Å²) in [7, 11) is 0. The highest BCUT2D eigenvalue weighted by Gasteiger charge is 2.01. The SMILES string of the molecule is Cc1ccc(S[C@@H](C)CO)cc1. The van der Waals surface area contributed by atoms with Gasteiger partial charge >= 0.3 is 0 Å². The minimum atomic E-state index is 0.235. The van der Waals surface area contributed by atoms with Crippen LogP contribution in [0.5, 0.6) is 0 Å². The minimum absolute atomic E-state index is 0.235. The summed E-state index contributed by atoms with van der Waals surface area (Å²) in [5, 5.41) is 9.11. The van der Waals surface area contributed by atoms with Crippen molar-refractivity contribution in [2.75, 3.05) is 6.61 Å². The number of thioether (sulfide) groups is 1. The van der Waals surface area contributed by atoms with Crippen LogP contribution in [0, 0.1) is 6.92 Å². The molecule has 1 N–H and O–H groups in total. The van der Waals surface area contributed by atoms with Crippen molar-refractivity contribution in [1.82, 2.24) is 0 Å². The molecule has 2 heteroatoms. The molecule has 0 saturated carbocycles. The van der Waals surface area contributed by atoms with Crippen molar-refractivity contribution in [2.24, 2.45) is 0 Å². The number of rotatable bonds is 3. The van der Waals surface area contributed by atoms with Gasteiger partial charge in [0, 0.05) is 10.1 Å². The Hall–Kier alpha value is -0.470. The zero-order chi connectivity index (χ0) is 8.97. The first-order valence-corrected chi connectivity index (χ1v) is 4.94. The van der Waals surface area contributed by atoms with E-state index >= 15 is 0 Å². The summed E-state index contributed by atoms with van der Waals surface area (Å²) in [5.74, 6) is 0. The lowest BCUT2D eigenvalue weighted by atomic mass is 10.2. The van der Waals surface area contributed by atoms with Crippen LogP contribution in [0.2, 0.25) is 0 Å². The number of aliphatic hydroxyl groups is 1. The van der Waals surface area contributed by atoms with Crippen LogP contribution in [0.25, 0.3) is 0 Å². The predicted octanol–water partition coefficient (Wildman–Crippen LogP) is 2.47. The summed E-state index contributed by atoms with van der Waals surface area (Å²) in [5.41, 5.74) is 1.27. The van der Waals surface area contributed by atoms with E-state index in [1.807, 2.05) is 6.92 Å². The van der Waals surface area contributed by atoms with Gasteiger partial charge in [0.1, 0.15) is 0 Å². The van der Waals surface area contributed by atoms with Crippen molar-refractivity contribution in [1.29, 1.82) is 0 Å². The third-order valence-electron chi connectivity index (χ3n) is 1.62. The molecule has 1 aromatic carbocycles. The van der Waals surface area contributed by atoms with Gasteiger partial charge in [0.25, 0.3) is 0 Å². The van der Waals surface area contributed by atoms with E-state index in [4.69, 9.17) is 5.11 Å². The van der Waals surface area contributed by atoms with E-state index in [9.17, 15) is 0 Å². The van der Waals surface area contributed by atoms with Gasteiger partial charge in [-0.05, 0) is 19.1 Å². The summed E-state index contributed by atoms with van der Waals surface area (Å²) in [4.78, 5) is 1.22. The second-order valence-electron chi connectivity index (χ2n) is 2.92. The molecule has 0 heterocycles. The number of aryl methyl sites for hydroxylation is 1. The van der Waals surface area contributed by atoms with Crippen molar-refractivity contribution in [3.05, 3.63) is 29.8 Å². The molecule has 0 aliphatic heterocycles. The number of hydrogen-bond acceptors (Lipinski definition) is 2. The zero-order valence-electron chi connectivity index (χ0n) is 7.45. The van der Waals surface area contributed by atoms with Crippen LogP contribution in [0.3, 0.4) is 0 Å². The maximum absolute atomic E-state index is 8.83. The van der Waals surface area contributed by atoms with Crippen LogP contribution in [-0.4, -0.2) is 17.0 Å². The third-order valence-corrected chi connectivity index (χ3v) is 2.71. The molecular weight excluding hydrogens is 168 g/mol. The fourth-order valence-electron chi connectivity index (χ4n) is 0.886. The van der Waals surface area contributed by atoms with Gasteiger partial charge in [0.2, 0.25) is 0 Å². The highest BCUT2D eigenvalue weighted by atomic mass is 32.2. The highest BCUT2D eigenvalue weighted by Crippen LogP contribution is 2.22. The van der Waals surface area contributed by atoms with Crippen LogP contribution in [0.15, 0.2) is 29.2 Å². The molecule has 0 amide bonds. The normalized spacial score (nSPS) is 12.9. The van der Waals surface area contributed by atoms with Crippen LogP contribution in [0.1, 0.15) is 12.5 Å². The van der Waals surface area contributed by atoms with E-state index in [0.29, 0.717) is 0 Å². The minimum Gasteiger partial charge on any atom is -0.395 e. The molecule has 0 fully saturated rings. The van der Waals surface area contributed by atoms with E-state index in [2.05, 4.69) is 31.2 Å². The Morgan fingerprint density at radius 3 is 2.42 bits per heavy atom. The van der Waals surface area contributed by atoms with E-state index in [1.54, 1.807) is 11.8 Å². The number of aliphatic hydroxyl groups excluding tert-OH is 1. The van der Waals surface area contributed by atoms with Crippen molar-refractivity contribution in [3.63, 3.8) is 0 Å². The molecule has 66 valence electrons. The van der Waals surface area contributed by atoms with Gasteiger partial charge < -0.3 is 5.11 Å².